The summed E-state index contributed by atoms with van der Waals surface area (Å²) in [7, 11) is 0. The van der Waals surface area contributed by atoms with Crippen LogP contribution in [0.5, 0.6) is 0 Å². The minimum absolute atomic E-state index is 0.485. The molecule has 0 bridgehead atoms. The number of para-hydroxylation sites is 1. The first-order valence-corrected chi connectivity index (χ1v) is 16.9. The largest absolute Gasteiger partial charge is 0.310 e. The molecule has 0 unspecified atom stereocenters. The molecule has 0 saturated carbocycles. The van der Waals surface area contributed by atoms with Gasteiger partial charge in [-0.3, -0.25) is 0 Å². The van der Waals surface area contributed by atoms with Crippen LogP contribution in [0.3, 0.4) is 0 Å². The van der Waals surface area contributed by atoms with Gasteiger partial charge in [-0.2, -0.15) is 0 Å². The Morgan fingerprint density at radius 2 is 1.42 bits per heavy atom. The molecule has 6 aromatic rings. The number of benzene rings is 5. The van der Waals surface area contributed by atoms with E-state index in [9.17, 15) is 5.41 Å². The Morgan fingerprint density at radius 1 is 0.733 bits per heavy atom. The SMILES string of the molecule is CC.CSc1ccccc1-c1ccc(/C(=C\C(=N)c2cccc(-n3c4c(c5ccccc53)CCC=C4)c2)c2ccccc2)cc1. The lowest BCUT2D eigenvalue weighted by molar-refractivity contribution is 0.967. The smallest absolute Gasteiger partial charge is 0.0619 e. The molecule has 0 aliphatic heterocycles. The summed E-state index contributed by atoms with van der Waals surface area (Å²) in [6.45, 7) is 4.00. The predicted molar refractivity (Wildman–Crippen MR) is 196 cm³/mol. The fourth-order valence-electron chi connectivity index (χ4n) is 6.17. The van der Waals surface area contributed by atoms with Crippen LogP contribution in [0.15, 0.2) is 144 Å². The zero-order valence-electron chi connectivity index (χ0n) is 26.1. The van der Waals surface area contributed by atoms with E-state index in [1.54, 1.807) is 11.8 Å². The molecule has 0 spiro atoms. The van der Waals surface area contributed by atoms with Crippen LogP contribution in [0.2, 0.25) is 0 Å². The quantitative estimate of drug-likeness (QED) is 0.143. The Balaban J connectivity index is 0.00000175. The normalized spacial score (nSPS) is 12.4. The number of aromatic nitrogens is 1. The zero-order valence-corrected chi connectivity index (χ0v) is 26.9. The number of nitrogens with zero attached hydrogens (tertiary/aromatic N) is 1. The van der Waals surface area contributed by atoms with E-state index >= 15 is 0 Å². The van der Waals surface area contributed by atoms with Gasteiger partial charge < -0.3 is 9.98 Å². The minimum Gasteiger partial charge on any atom is -0.310 e. The first-order chi connectivity index (χ1) is 22.2. The van der Waals surface area contributed by atoms with Crippen molar-refractivity contribution in [1.29, 1.82) is 5.41 Å². The predicted octanol–water partition coefficient (Wildman–Crippen LogP) is 11.5. The van der Waals surface area contributed by atoms with Crippen molar-refractivity contribution in [1.82, 2.24) is 4.57 Å². The first-order valence-electron chi connectivity index (χ1n) is 15.7. The lowest BCUT2D eigenvalue weighted by atomic mass is 9.93. The third-order valence-electron chi connectivity index (χ3n) is 8.26. The molecule has 0 atom stereocenters. The van der Waals surface area contributed by atoms with E-state index in [2.05, 4.69) is 138 Å². The second kappa shape index (κ2) is 13.8. The number of rotatable bonds is 7. The number of hydrogen-bond donors (Lipinski definition) is 1. The summed E-state index contributed by atoms with van der Waals surface area (Å²) in [6, 6.07) is 44.8. The van der Waals surface area contributed by atoms with Gasteiger partial charge in [0.25, 0.3) is 0 Å². The lowest BCUT2D eigenvalue weighted by Crippen LogP contribution is -2.03. The van der Waals surface area contributed by atoms with Gasteiger partial charge in [-0.1, -0.05) is 123 Å². The molecule has 0 saturated heterocycles. The minimum atomic E-state index is 0.485. The van der Waals surface area contributed by atoms with Crippen molar-refractivity contribution in [3.63, 3.8) is 0 Å². The molecule has 3 heteroatoms. The Bertz CT molecular complexity index is 2010. The summed E-state index contributed by atoms with van der Waals surface area (Å²) in [6.07, 6.45) is 10.8. The van der Waals surface area contributed by atoms with Crippen LogP contribution >= 0.6 is 11.8 Å². The van der Waals surface area contributed by atoms with Crippen molar-refractivity contribution in [3.05, 3.63) is 167 Å². The molecule has 1 N–H and O–H groups in total. The number of aryl methyl sites for hydroxylation is 1. The summed E-state index contributed by atoms with van der Waals surface area (Å²) < 4.78 is 2.35. The molecule has 0 amide bonds. The second-order valence-corrected chi connectivity index (χ2v) is 11.7. The Hall–Kier alpha value is -4.86. The molecular formula is C42H38N2S. The van der Waals surface area contributed by atoms with Gasteiger partial charge in [0, 0.05) is 27.2 Å². The summed E-state index contributed by atoms with van der Waals surface area (Å²) in [4.78, 5) is 1.27. The van der Waals surface area contributed by atoms with E-state index in [-0.39, 0.29) is 0 Å². The summed E-state index contributed by atoms with van der Waals surface area (Å²) in [5, 5.41) is 10.6. The number of fused-ring (bicyclic) bond motifs is 3. The van der Waals surface area contributed by atoms with Gasteiger partial charge in [-0.15, -0.1) is 11.8 Å². The van der Waals surface area contributed by atoms with Gasteiger partial charge in [-0.25, -0.2) is 0 Å². The van der Waals surface area contributed by atoms with Crippen molar-refractivity contribution < 1.29 is 0 Å². The summed E-state index contributed by atoms with van der Waals surface area (Å²) in [5.41, 5.74) is 12.0. The third-order valence-corrected chi connectivity index (χ3v) is 9.06. The van der Waals surface area contributed by atoms with Crippen LogP contribution in [-0.4, -0.2) is 16.5 Å². The molecule has 0 radical (unpaired) electrons. The van der Waals surface area contributed by atoms with Crippen molar-refractivity contribution in [2.45, 2.75) is 31.6 Å². The van der Waals surface area contributed by atoms with Crippen molar-refractivity contribution in [3.8, 4) is 16.8 Å². The van der Waals surface area contributed by atoms with Gasteiger partial charge in [0.2, 0.25) is 0 Å². The summed E-state index contributed by atoms with van der Waals surface area (Å²) in [5.74, 6) is 0. The molecule has 45 heavy (non-hydrogen) atoms. The maximum Gasteiger partial charge on any atom is 0.0619 e. The molecule has 1 aromatic heterocycles. The van der Waals surface area contributed by atoms with Gasteiger partial charge in [-0.05, 0) is 88.9 Å². The highest BCUT2D eigenvalue weighted by Gasteiger charge is 2.18. The highest BCUT2D eigenvalue weighted by molar-refractivity contribution is 7.98. The Kier molecular flexibility index (Phi) is 9.28. The van der Waals surface area contributed by atoms with Crippen molar-refractivity contribution in [2.24, 2.45) is 0 Å². The molecule has 2 nitrogen and oxygen atoms in total. The molecule has 5 aromatic carbocycles. The van der Waals surface area contributed by atoms with Gasteiger partial charge in [0.15, 0.2) is 0 Å². The van der Waals surface area contributed by atoms with E-state index in [1.165, 1.54) is 38.2 Å². The number of nitrogens with one attached hydrogen (secondary N) is 1. The third kappa shape index (κ3) is 6.09. The zero-order chi connectivity index (χ0) is 31.2. The highest BCUT2D eigenvalue weighted by Crippen LogP contribution is 2.35. The van der Waals surface area contributed by atoms with E-state index in [1.807, 2.05) is 32.1 Å². The van der Waals surface area contributed by atoms with Crippen LogP contribution in [0, 0.1) is 5.41 Å². The Morgan fingerprint density at radius 3 is 2.22 bits per heavy atom. The van der Waals surface area contributed by atoms with Crippen LogP contribution < -0.4 is 0 Å². The number of allylic oxidation sites excluding steroid dienone is 2. The number of hydrogen-bond acceptors (Lipinski definition) is 2. The Labute approximate surface area is 271 Å². The summed E-state index contributed by atoms with van der Waals surface area (Å²) >= 11 is 1.77. The second-order valence-electron chi connectivity index (χ2n) is 10.8. The molecule has 7 rings (SSSR count). The van der Waals surface area contributed by atoms with Crippen molar-refractivity contribution in [2.75, 3.05) is 6.26 Å². The van der Waals surface area contributed by atoms with E-state index in [0.29, 0.717) is 5.71 Å². The molecule has 1 heterocycles. The molecule has 0 fully saturated rings. The fourth-order valence-corrected chi connectivity index (χ4v) is 6.79. The van der Waals surface area contributed by atoms with Crippen LogP contribution in [-0.2, 0) is 6.42 Å². The maximum absolute atomic E-state index is 9.26. The van der Waals surface area contributed by atoms with Crippen molar-refractivity contribution >= 4 is 40.0 Å². The van der Waals surface area contributed by atoms with Crippen LogP contribution in [0.25, 0.3) is 39.4 Å². The molecule has 1 aliphatic carbocycles. The van der Waals surface area contributed by atoms with Crippen LogP contribution in [0.4, 0.5) is 0 Å². The molecule has 1 aliphatic rings. The van der Waals surface area contributed by atoms with Gasteiger partial charge >= 0.3 is 0 Å². The maximum atomic E-state index is 9.26. The fraction of sp³-hybridized carbons (Fsp3) is 0.119. The van der Waals surface area contributed by atoms with Gasteiger partial charge in [0.1, 0.15) is 0 Å². The van der Waals surface area contributed by atoms with E-state index in [4.69, 9.17) is 0 Å². The van der Waals surface area contributed by atoms with E-state index < -0.39 is 0 Å². The lowest BCUT2D eigenvalue weighted by Gasteiger charge is -2.14. The average molecular weight is 603 g/mol. The average Bonchev–Trinajstić information content (AvgIpc) is 3.46. The monoisotopic (exact) mass is 602 g/mol. The topological polar surface area (TPSA) is 28.8 Å². The van der Waals surface area contributed by atoms with Crippen LogP contribution in [0.1, 0.15) is 48.2 Å². The number of thioether (sulfide) groups is 1. The highest BCUT2D eigenvalue weighted by atomic mass is 32.2. The van der Waals surface area contributed by atoms with E-state index in [0.717, 1.165) is 40.8 Å². The first kappa shape index (κ1) is 30.2. The van der Waals surface area contributed by atoms with Gasteiger partial charge in [0.05, 0.1) is 11.2 Å². The standard InChI is InChI=1S/C40H32N2S.C2H6/c1-43-40-21-10-7-16-33(40)29-22-24-30(25-23-29)36(28-12-3-2-4-13-28)27-37(41)31-14-11-15-32(26-31)42-38-19-8-5-17-34(38)35-18-6-9-20-39(35)42;1-2/h2-5,7-17,19-27,41H,6,18H2,1H3;1-2H3/b36-27-,41-37?;. The molecule has 222 valence electrons. The molecular weight excluding hydrogens is 565 g/mol.